The zero-order chi connectivity index (χ0) is 24.7. The lowest BCUT2D eigenvalue weighted by Crippen LogP contribution is -2.52. The number of nitrogens with one attached hydrogen (secondary N) is 2. The van der Waals surface area contributed by atoms with E-state index in [1.807, 2.05) is 23.6 Å². The molecule has 2 aliphatic heterocycles. The molecule has 0 aliphatic carbocycles. The zero-order valence-electron chi connectivity index (χ0n) is 20.2. The summed E-state index contributed by atoms with van der Waals surface area (Å²) in [5.74, 6) is 0.404. The van der Waals surface area contributed by atoms with E-state index in [9.17, 15) is 14.4 Å². The Morgan fingerprint density at radius 2 is 2.03 bits per heavy atom. The Morgan fingerprint density at radius 3 is 2.80 bits per heavy atom. The van der Waals surface area contributed by atoms with Gasteiger partial charge in [-0.15, -0.1) is 0 Å². The number of H-pyrrole nitrogens is 1. The molecule has 0 saturated carbocycles. The molecule has 0 radical (unpaired) electrons. The number of aromatic amines is 1. The van der Waals surface area contributed by atoms with E-state index in [1.165, 1.54) is 0 Å². The first-order chi connectivity index (χ1) is 16.9. The number of esters is 1. The fourth-order valence-corrected chi connectivity index (χ4v) is 5.43. The molecular weight excluding hydrogens is 448 g/mol. The molecule has 9 nitrogen and oxygen atoms in total. The molecule has 1 aromatic carbocycles. The predicted octanol–water partition coefficient (Wildman–Crippen LogP) is 2.96. The second-order valence-electron chi connectivity index (χ2n) is 9.32. The number of carbonyl (C=O) groups excluding carboxylic acids is 2. The van der Waals surface area contributed by atoms with Crippen LogP contribution in [0.15, 0.2) is 41.2 Å². The van der Waals surface area contributed by atoms with Crippen LogP contribution in [0, 0.1) is 5.92 Å². The van der Waals surface area contributed by atoms with Gasteiger partial charge in [-0.3, -0.25) is 14.5 Å². The first-order valence-corrected chi connectivity index (χ1v) is 12.0. The summed E-state index contributed by atoms with van der Waals surface area (Å²) >= 11 is 0. The number of piperidine rings is 1. The van der Waals surface area contributed by atoms with Crippen LogP contribution < -0.4 is 15.6 Å². The van der Waals surface area contributed by atoms with E-state index in [0.29, 0.717) is 41.3 Å². The van der Waals surface area contributed by atoms with Crippen molar-refractivity contribution in [2.24, 2.45) is 5.92 Å². The molecule has 9 heteroatoms. The molecule has 35 heavy (non-hydrogen) atoms. The molecule has 4 heterocycles. The Kier molecular flexibility index (Phi) is 6.10. The number of carbonyl (C=O) groups is 2. The Hall–Kier alpha value is -3.59. The highest BCUT2D eigenvalue weighted by Crippen LogP contribution is 2.36. The molecular formula is C26H30N4O5. The number of hydrogen-bond acceptors (Lipinski definition) is 6. The summed E-state index contributed by atoms with van der Waals surface area (Å²) in [6, 6.07) is 10.4. The summed E-state index contributed by atoms with van der Waals surface area (Å²) in [5.41, 5.74) is 2.38. The maximum absolute atomic E-state index is 13.5. The van der Waals surface area contributed by atoms with E-state index >= 15 is 0 Å². The van der Waals surface area contributed by atoms with Crippen molar-refractivity contribution < 1.29 is 19.1 Å². The van der Waals surface area contributed by atoms with E-state index in [4.69, 9.17) is 9.47 Å². The minimum absolute atomic E-state index is 0.0395. The monoisotopic (exact) mass is 478 g/mol. The lowest BCUT2D eigenvalue weighted by molar-refractivity contribution is -0.121. The summed E-state index contributed by atoms with van der Waals surface area (Å²) in [6.07, 6.45) is 1.02. The normalized spacial score (nSPS) is 20.2. The van der Waals surface area contributed by atoms with Crippen molar-refractivity contribution in [3.8, 4) is 5.75 Å². The number of fused-ring (bicyclic) bond motifs is 5. The number of rotatable bonds is 6. The number of amides is 1. The molecule has 0 spiro atoms. The Morgan fingerprint density at radius 1 is 1.20 bits per heavy atom. The van der Waals surface area contributed by atoms with Gasteiger partial charge in [0, 0.05) is 48.2 Å². The number of likely N-dealkylation sites (tertiary alicyclic amines) is 1. The van der Waals surface area contributed by atoms with Crippen LogP contribution in [0.5, 0.6) is 5.75 Å². The third kappa shape index (κ3) is 4.20. The van der Waals surface area contributed by atoms with Gasteiger partial charge in [-0.05, 0) is 50.5 Å². The van der Waals surface area contributed by atoms with Gasteiger partial charge in [0.1, 0.15) is 11.4 Å². The maximum atomic E-state index is 13.5. The molecule has 2 bridgehead atoms. The first kappa shape index (κ1) is 23.2. The second-order valence-corrected chi connectivity index (χ2v) is 9.32. The molecule has 1 amide bonds. The minimum atomic E-state index is -0.528. The van der Waals surface area contributed by atoms with Crippen molar-refractivity contribution in [3.05, 3.63) is 58.1 Å². The number of pyridine rings is 1. The molecule has 5 rings (SSSR count). The van der Waals surface area contributed by atoms with Gasteiger partial charge < -0.3 is 24.3 Å². The fraction of sp³-hybridized carbons (Fsp3) is 0.423. The fourth-order valence-electron chi connectivity index (χ4n) is 5.43. The van der Waals surface area contributed by atoms with Crippen LogP contribution in [-0.2, 0) is 16.1 Å². The van der Waals surface area contributed by atoms with Crippen LogP contribution in [0.2, 0.25) is 0 Å². The van der Waals surface area contributed by atoms with Gasteiger partial charge in [-0.25, -0.2) is 4.79 Å². The summed E-state index contributed by atoms with van der Waals surface area (Å²) in [7, 11) is 1.57. The summed E-state index contributed by atoms with van der Waals surface area (Å²) in [6.45, 7) is 5.95. The predicted molar refractivity (Wildman–Crippen MR) is 132 cm³/mol. The molecule has 2 aliphatic rings. The van der Waals surface area contributed by atoms with Crippen molar-refractivity contribution in [3.63, 3.8) is 0 Å². The third-order valence-corrected chi connectivity index (χ3v) is 7.17. The SMILES string of the molecule is CCOC(=O)c1[nH]c2ccc(OC)cc2c1NC(=O)C(C)N1C[C@H]2C[C@@H](C1)c1cccc(=O)n1C2. The molecule has 1 unspecified atom stereocenters. The lowest BCUT2D eigenvalue weighted by atomic mass is 9.82. The smallest absolute Gasteiger partial charge is 0.356 e. The summed E-state index contributed by atoms with van der Waals surface area (Å²) in [4.78, 5) is 43.7. The molecule has 1 fully saturated rings. The maximum Gasteiger partial charge on any atom is 0.356 e. The topological polar surface area (TPSA) is 106 Å². The van der Waals surface area contributed by atoms with Crippen molar-refractivity contribution >= 4 is 28.5 Å². The largest absolute Gasteiger partial charge is 0.497 e. The van der Waals surface area contributed by atoms with E-state index in [-0.39, 0.29) is 29.7 Å². The zero-order valence-corrected chi connectivity index (χ0v) is 20.2. The van der Waals surface area contributed by atoms with Crippen LogP contribution >= 0.6 is 0 Å². The standard InChI is InChI=1S/C26H30N4O5/c1-4-35-26(33)24-23(19-11-18(34-3)8-9-20(19)27-24)28-25(32)15(2)29-12-16-10-17(14-29)21-6-5-7-22(31)30(21)13-16/h5-9,11,15-17,27H,4,10,12-14H2,1-3H3,(H,28,32)/t15?,16-,17+/m1/s1. The highest BCUT2D eigenvalue weighted by Gasteiger charge is 2.37. The molecule has 2 aromatic heterocycles. The molecule has 3 atom stereocenters. The second kappa shape index (κ2) is 9.22. The Balaban J connectivity index is 1.41. The number of nitrogens with zero attached hydrogens (tertiary/aromatic N) is 2. The highest BCUT2D eigenvalue weighted by molar-refractivity contribution is 6.12. The van der Waals surface area contributed by atoms with Crippen LogP contribution in [0.4, 0.5) is 5.69 Å². The van der Waals surface area contributed by atoms with Gasteiger partial charge in [0.15, 0.2) is 0 Å². The molecule has 1 saturated heterocycles. The summed E-state index contributed by atoms with van der Waals surface area (Å²) in [5, 5.41) is 3.67. The Labute approximate surface area is 203 Å². The van der Waals surface area contributed by atoms with Crippen LogP contribution in [0.1, 0.15) is 42.4 Å². The third-order valence-electron chi connectivity index (χ3n) is 7.17. The van der Waals surface area contributed by atoms with Gasteiger partial charge in [-0.1, -0.05) is 6.07 Å². The lowest BCUT2D eigenvalue weighted by Gasteiger charge is -2.44. The number of aromatic nitrogens is 2. The molecule has 184 valence electrons. The number of benzene rings is 1. The Bertz CT molecular complexity index is 1340. The van der Waals surface area contributed by atoms with Gasteiger partial charge in [0.25, 0.3) is 5.56 Å². The van der Waals surface area contributed by atoms with E-state index < -0.39 is 12.0 Å². The van der Waals surface area contributed by atoms with Crippen molar-refractivity contribution in [2.45, 2.75) is 38.8 Å². The number of anilines is 1. The van der Waals surface area contributed by atoms with E-state index in [0.717, 1.165) is 18.7 Å². The molecule has 3 aromatic rings. The highest BCUT2D eigenvalue weighted by atomic mass is 16.5. The van der Waals surface area contributed by atoms with Crippen LogP contribution in [0.3, 0.4) is 0 Å². The van der Waals surface area contributed by atoms with Gasteiger partial charge in [-0.2, -0.15) is 0 Å². The van der Waals surface area contributed by atoms with Gasteiger partial charge in [0.05, 0.1) is 25.4 Å². The number of methoxy groups -OCH3 is 1. The van der Waals surface area contributed by atoms with Crippen molar-refractivity contribution in [1.82, 2.24) is 14.5 Å². The quantitative estimate of drug-likeness (QED) is 0.528. The average Bonchev–Trinajstić information content (AvgIpc) is 3.21. The van der Waals surface area contributed by atoms with Crippen molar-refractivity contribution in [1.29, 1.82) is 0 Å². The van der Waals surface area contributed by atoms with Crippen LogP contribution in [-0.4, -0.2) is 59.2 Å². The van der Waals surface area contributed by atoms with Crippen LogP contribution in [0.25, 0.3) is 10.9 Å². The van der Waals surface area contributed by atoms with Crippen molar-refractivity contribution in [2.75, 3.05) is 32.1 Å². The van der Waals surface area contributed by atoms with E-state index in [2.05, 4.69) is 15.2 Å². The first-order valence-electron chi connectivity index (χ1n) is 12.0. The number of hydrogen-bond donors (Lipinski definition) is 2. The van der Waals surface area contributed by atoms with Gasteiger partial charge >= 0.3 is 5.97 Å². The molecule has 2 N–H and O–H groups in total. The van der Waals surface area contributed by atoms with E-state index in [1.54, 1.807) is 38.3 Å². The summed E-state index contributed by atoms with van der Waals surface area (Å²) < 4.78 is 12.4. The van der Waals surface area contributed by atoms with Gasteiger partial charge in [0.2, 0.25) is 5.91 Å². The minimum Gasteiger partial charge on any atom is -0.497 e. The average molecular weight is 479 g/mol. The number of ether oxygens (including phenoxy) is 2.